The van der Waals surface area contributed by atoms with Crippen molar-refractivity contribution in [1.82, 2.24) is 15.1 Å². The van der Waals surface area contributed by atoms with E-state index in [-0.39, 0.29) is 0 Å². The summed E-state index contributed by atoms with van der Waals surface area (Å²) in [7, 11) is 3.90. The van der Waals surface area contributed by atoms with Crippen LogP contribution in [-0.4, -0.2) is 16.8 Å². The second-order valence-corrected chi connectivity index (χ2v) is 4.71. The number of para-hydroxylation sites is 1. The molecule has 0 atom stereocenters. The second kappa shape index (κ2) is 4.55. The molecule has 4 nitrogen and oxygen atoms in total. The van der Waals surface area contributed by atoms with Crippen molar-refractivity contribution < 1.29 is 4.42 Å². The van der Waals surface area contributed by atoms with Gasteiger partial charge in [0.25, 0.3) is 0 Å². The van der Waals surface area contributed by atoms with Gasteiger partial charge in [0.1, 0.15) is 5.58 Å². The Bertz CT molecular complexity index is 724. The van der Waals surface area contributed by atoms with E-state index in [9.17, 15) is 0 Å². The first-order valence-corrected chi connectivity index (χ1v) is 6.36. The maximum atomic E-state index is 5.64. The third-order valence-electron chi connectivity index (χ3n) is 3.50. The minimum Gasteiger partial charge on any atom is -0.464 e. The largest absolute Gasteiger partial charge is 0.464 e. The number of nitrogens with zero attached hydrogens (tertiary/aromatic N) is 2. The molecular formula is C15H17N3O. The van der Waals surface area contributed by atoms with Crippen LogP contribution in [0.25, 0.3) is 22.1 Å². The maximum Gasteiger partial charge on any atom is 0.134 e. The van der Waals surface area contributed by atoms with Crippen LogP contribution in [0.4, 0.5) is 0 Å². The summed E-state index contributed by atoms with van der Waals surface area (Å²) >= 11 is 0. The van der Waals surface area contributed by atoms with Crippen LogP contribution in [0.1, 0.15) is 11.4 Å². The van der Waals surface area contributed by atoms with E-state index in [0.29, 0.717) is 0 Å². The quantitative estimate of drug-likeness (QED) is 0.782. The van der Waals surface area contributed by atoms with Crippen LogP contribution in [0.15, 0.2) is 34.9 Å². The molecule has 0 amide bonds. The van der Waals surface area contributed by atoms with Crippen LogP contribution >= 0.6 is 0 Å². The summed E-state index contributed by atoms with van der Waals surface area (Å²) in [5.41, 5.74) is 5.40. The topological polar surface area (TPSA) is 43.0 Å². The molecule has 0 aliphatic carbocycles. The summed E-state index contributed by atoms with van der Waals surface area (Å²) in [6.45, 7) is 2.83. The van der Waals surface area contributed by atoms with Gasteiger partial charge in [-0.2, -0.15) is 5.10 Å². The Hall–Kier alpha value is -2.07. The highest BCUT2D eigenvalue weighted by atomic mass is 16.3. The van der Waals surface area contributed by atoms with Crippen molar-refractivity contribution in [1.29, 1.82) is 0 Å². The lowest BCUT2D eigenvalue weighted by Gasteiger charge is -2.01. The number of hydrogen-bond donors (Lipinski definition) is 1. The van der Waals surface area contributed by atoms with Crippen molar-refractivity contribution in [2.24, 2.45) is 7.05 Å². The van der Waals surface area contributed by atoms with Crippen molar-refractivity contribution in [3.05, 3.63) is 41.9 Å². The molecular weight excluding hydrogens is 238 g/mol. The van der Waals surface area contributed by atoms with Gasteiger partial charge in [0, 0.05) is 35.8 Å². The summed E-state index contributed by atoms with van der Waals surface area (Å²) in [5.74, 6) is 0. The van der Waals surface area contributed by atoms with Gasteiger partial charge in [0.15, 0.2) is 0 Å². The molecule has 1 N–H and O–H groups in total. The molecule has 3 aromatic rings. The lowest BCUT2D eigenvalue weighted by atomic mass is 10.0. The molecule has 0 saturated carbocycles. The molecule has 0 fully saturated rings. The predicted molar refractivity (Wildman–Crippen MR) is 75.9 cm³/mol. The average Bonchev–Trinajstić information content (AvgIpc) is 2.93. The Balaban J connectivity index is 2.26. The minimum atomic E-state index is 0.747. The minimum absolute atomic E-state index is 0.747. The molecule has 2 aromatic heterocycles. The molecule has 0 unspecified atom stereocenters. The third-order valence-corrected chi connectivity index (χ3v) is 3.50. The van der Waals surface area contributed by atoms with Crippen LogP contribution in [0.3, 0.4) is 0 Å². The van der Waals surface area contributed by atoms with E-state index in [2.05, 4.69) is 23.4 Å². The van der Waals surface area contributed by atoms with E-state index in [1.807, 2.05) is 43.2 Å². The molecule has 0 bridgehead atoms. The van der Waals surface area contributed by atoms with Crippen LogP contribution in [0, 0.1) is 6.92 Å². The van der Waals surface area contributed by atoms with E-state index < -0.39 is 0 Å². The standard InChI is InChI=1S/C15H17N3O/c1-10-15(13(8-16-2)17-18(10)3)12-9-19-14-7-5-4-6-11(12)14/h4-7,9,16H,8H2,1-3H3. The van der Waals surface area contributed by atoms with Gasteiger partial charge in [-0.3, -0.25) is 4.68 Å². The summed E-state index contributed by atoms with van der Waals surface area (Å²) < 4.78 is 7.56. The van der Waals surface area contributed by atoms with Crippen molar-refractivity contribution in [2.45, 2.75) is 13.5 Å². The SMILES string of the molecule is CNCc1nn(C)c(C)c1-c1coc2ccccc12. The Kier molecular flexibility index (Phi) is 2.87. The first-order chi connectivity index (χ1) is 9.22. The number of nitrogens with one attached hydrogen (secondary N) is 1. The molecule has 2 heterocycles. The molecule has 98 valence electrons. The number of aromatic nitrogens is 2. The molecule has 0 aliphatic rings. The Morgan fingerprint density at radius 1 is 1.32 bits per heavy atom. The zero-order chi connectivity index (χ0) is 13.4. The number of aryl methyl sites for hydroxylation is 1. The number of fused-ring (bicyclic) bond motifs is 1. The number of benzene rings is 1. The van der Waals surface area contributed by atoms with Crippen molar-refractivity contribution >= 4 is 11.0 Å². The van der Waals surface area contributed by atoms with Crippen molar-refractivity contribution in [3.63, 3.8) is 0 Å². The first-order valence-electron chi connectivity index (χ1n) is 6.36. The highest BCUT2D eigenvalue weighted by molar-refractivity contribution is 5.95. The molecule has 4 heteroatoms. The van der Waals surface area contributed by atoms with E-state index in [4.69, 9.17) is 4.42 Å². The van der Waals surface area contributed by atoms with Gasteiger partial charge in [0.05, 0.1) is 12.0 Å². The smallest absolute Gasteiger partial charge is 0.134 e. The van der Waals surface area contributed by atoms with Crippen LogP contribution in [-0.2, 0) is 13.6 Å². The van der Waals surface area contributed by atoms with Gasteiger partial charge in [-0.25, -0.2) is 0 Å². The fourth-order valence-electron chi connectivity index (χ4n) is 2.49. The fourth-order valence-corrected chi connectivity index (χ4v) is 2.49. The lowest BCUT2D eigenvalue weighted by molar-refractivity contribution is 0.617. The monoisotopic (exact) mass is 255 g/mol. The van der Waals surface area contributed by atoms with E-state index in [0.717, 1.165) is 34.5 Å². The molecule has 19 heavy (non-hydrogen) atoms. The van der Waals surface area contributed by atoms with E-state index in [1.54, 1.807) is 0 Å². The van der Waals surface area contributed by atoms with Crippen molar-refractivity contribution in [3.8, 4) is 11.1 Å². The van der Waals surface area contributed by atoms with Gasteiger partial charge in [0.2, 0.25) is 0 Å². The van der Waals surface area contributed by atoms with E-state index >= 15 is 0 Å². The van der Waals surface area contributed by atoms with Crippen molar-refractivity contribution in [2.75, 3.05) is 7.05 Å². The van der Waals surface area contributed by atoms with Gasteiger partial charge in [-0.15, -0.1) is 0 Å². The molecule has 0 radical (unpaired) electrons. The zero-order valence-corrected chi connectivity index (χ0v) is 11.4. The van der Waals surface area contributed by atoms with Crippen LogP contribution < -0.4 is 5.32 Å². The number of hydrogen-bond acceptors (Lipinski definition) is 3. The van der Waals surface area contributed by atoms with Gasteiger partial charge in [-0.1, -0.05) is 18.2 Å². The van der Waals surface area contributed by atoms with Gasteiger partial charge >= 0.3 is 0 Å². The fraction of sp³-hybridized carbons (Fsp3) is 0.267. The highest BCUT2D eigenvalue weighted by Gasteiger charge is 2.18. The highest BCUT2D eigenvalue weighted by Crippen LogP contribution is 2.34. The van der Waals surface area contributed by atoms with Crippen LogP contribution in [0.5, 0.6) is 0 Å². The predicted octanol–water partition coefficient (Wildman–Crippen LogP) is 2.86. The summed E-state index contributed by atoms with van der Waals surface area (Å²) in [6, 6.07) is 8.09. The molecule has 3 rings (SSSR count). The average molecular weight is 255 g/mol. The number of rotatable bonds is 3. The maximum absolute atomic E-state index is 5.64. The summed E-state index contributed by atoms with van der Waals surface area (Å²) in [5, 5.41) is 8.88. The molecule has 0 saturated heterocycles. The zero-order valence-electron chi connectivity index (χ0n) is 11.4. The Morgan fingerprint density at radius 3 is 2.89 bits per heavy atom. The summed E-state index contributed by atoms with van der Waals surface area (Å²) in [4.78, 5) is 0. The lowest BCUT2D eigenvalue weighted by Crippen LogP contribution is -2.07. The van der Waals surface area contributed by atoms with Gasteiger partial charge < -0.3 is 9.73 Å². The van der Waals surface area contributed by atoms with Crippen LogP contribution in [0.2, 0.25) is 0 Å². The summed E-state index contributed by atoms with van der Waals surface area (Å²) in [6.07, 6.45) is 1.83. The first kappa shape index (κ1) is 12.0. The normalized spacial score (nSPS) is 11.3. The second-order valence-electron chi connectivity index (χ2n) is 4.71. The Labute approximate surface area is 112 Å². The molecule has 1 aromatic carbocycles. The Morgan fingerprint density at radius 2 is 2.11 bits per heavy atom. The van der Waals surface area contributed by atoms with E-state index in [1.165, 1.54) is 5.56 Å². The number of furan rings is 1. The van der Waals surface area contributed by atoms with Gasteiger partial charge in [-0.05, 0) is 20.0 Å². The molecule has 0 aliphatic heterocycles. The third kappa shape index (κ3) is 1.85. The molecule has 0 spiro atoms.